The van der Waals surface area contributed by atoms with Gasteiger partial charge >= 0.3 is 36.5 Å². The SMILES string of the molecule is CC(O)CC(C)O.CCO[Si](CCCN1C=CN(c2c(C)cc(C)cc2C)[CH-]1)(OCC)OCC.[Cl][Pd+]. The first-order valence-electron chi connectivity index (χ1n) is 12.6. The van der Waals surface area contributed by atoms with Crippen molar-refractivity contribution >= 4 is 24.0 Å². The molecule has 1 aromatic rings. The van der Waals surface area contributed by atoms with Gasteiger partial charge in [-0.25, -0.2) is 0 Å². The molecule has 212 valence electrons. The van der Waals surface area contributed by atoms with Gasteiger partial charge < -0.3 is 33.3 Å². The van der Waals surface area contributed by atoms with Gasteiger partial charge in [-0.1, -0.05) is 17.7 Å². The van der Waals surface area contributed by atoms with Crippen molar-refractivity contribution in [2.24, 2.45) is 0 Å². The molecule has 2 atom stereocenters. The van der Waals surface area contributed by atoms with Crippen LogP contribution >= 0.6 is 9.53 Å². The second kappa shape index (κ2) is 19.6. The maximum absolute atomic E-state index is 8.56. The number of hydrogen-bond donors (Lipinski definition) is 2. The van der Waals surface area contributed by atoms with Gasteiger partial charge in [0.2, 0.25) is 0 Å². The van der Waals surface area contributed by atoms with Gasteiger partial charge in [-0.2, -0.15) is 6.67 Å². The Morgan fingerprint density at radius 3 is 1.78 bits per heavy atom. The van der Waals surface area contributed by atoms with Crippen molar-refractivity contribution in [3.05, 3.63) is 47.9 Å². The first kappa shape index (κ1) is 35.5. The number of nitrogens with zero attached hydrogens (tertiary/aromatic N) is 2. The average molecular weight is 638 g/mol. The third-order valence-corrected chi connectivity index (χ3v) is 8.41. The molecule has 1 aromatic carbocycles. The summed E-state index contributed by atoms with van der Waals surface area (Å²) in [6.45, 7) is 20.8. The summed E-state index contributed by atoms with van der Waals surface area (Å²) in [7, 11) is 1.94. The number of anilines is 1. The van der Waals surface area contributed by atoms with Crippen molar-refractivity contribution < 1.29 is 41.7 Å². The molecule has 0 aromatic heterocycles. The second-order valence-electron chi connectivity index (χ2n) is 8.83. The van der Waals surface area contributed by atoms with Crippen LogP contribution in [0.5, 0.6) is 0 Å². The Labute approximate surface area is 235 Å². The summed E-state index contributed by atoms with van der Waals surface area (Å²) in [6, 6.07) is 5.31. The van der Waals surface area contributed by atoms with Crippen LogP contribution in [0.2, 0.25) is 6.04 Å². The second-order valence-corrected chi connectivity index (χ2v) is 11.6. The normalized spacial score (nSPS) is 14.7. The van der Waals surface area contributed by atoms with E-state index >= 15 is 0 Å². The average Bonchev–Trinajstić information content (AvgIpc) is 3.23. The van der Waals surface area contributed by atoms with Gasteiger partial charge in [0.15, 0.2) is 0 Å². The van der Waals surface area contributed by atoms with Crippen LogP contribution in [0.3, 0.4) is 0 Å². The van der Waals surface area contributed by atoms with Crippen molar-refractivity contribution in [3.8, 4) is 0 Å². The Balaban J connectivity index is 0.00000117. The number of aryl methyl sites for hydroxylation is 3. The van der Waals surface area contributed by atoms with Crippen molar-refractivity contribution in [1.82, 2.24) is 4.90 Å². The summed E-state index contributed by atoms with van der Waals surface area (Å²) in [5, 5.41) is 17.1. The minimum absolute atomic E-state index is 0.375. The van der Waals surface area contributed by atoms with Crippen molar-refractivity contribution in [2.75, 3.05) is 31.3 Å². The van der Waals surface area contributed by atoms with Gasteiger partial charge in [0.05, 0.1) is 12.2 Å². The topological polar surface area (TPSA) is 74.6 Å². The fourth-order valence-corrected chi connectivity index (χ4v) is 6.81. The van der Waals surface area contributed by atoms with E-state index in [9.17, 15) is 0 Å². The molecule has 1 aliphatic heterocycles. The van der Waals surface area contributed by atoms with Gasteiger partial charge in [0.25, 0.3) is 0 Å². The molecule has 0 radical (unpaired) electrons. The van der Waals surface area contributed by atoms with Gasteiger partial charge in [-0.3, -0.25) is 0 Å². The minimum atomic E-state index is -2.55. The van der Waals surface area contributed by atoms with E-state index in [-0.39, 0.29) is 12.2 Å². The Morgan fingerprint density at radius 1 is 0.917 bits per heavy atom. The van der Waals surface area contributed by atoms with E-state index in [0.29, 0.717) is 26.2 Å². The van der Waals surface area contributed by atoms with Gasteiger partial charge in [-0.15, -0.1) is 0 Å². The first-order valence-corrected chi connectivity index (χ1v) is 16.6. The molecule has 36 heavy (non-hydrogen) atoms. The van der Waals surface area contributed by atoms with Crippen LogP contribution in [0.25, 0.3) is 0 Å². The standard InChI is InChI=1S/C21H35N2O3Si.C5H12O2.ClH.Pd/c1-7-24-27(25-8-2,26-9-3)14-10-11-22-12-13-23(17-22)21-19(5)15-18(4)16-20(21)6;1-4(6)3-5(2)7;;/h12-13,15-17H,7-11,14H2,1-6H3;4-7H,3H2,1-2H3;1H;/q-1;;;+2/p-1. The zero-order valence-electron chi connectivity index (χ0n) is 23.2. The Kier molecular flexibility index (Phi) is 19.3. The third kappa shape index (κ3) is 13.4. The van der Waals surface area contributed by atoms with Crippen molar-refractivity contribution in [3.63, 3.8) is 0 Å². The molecule has 0 bridgehead atoms. The fraction of sp³-hybridized carbons (Fsp3) is 0.654. The molecule has 10 heteroatoms. The number of benzene rings is 1. The third-order valence-electron chi connectivity index (χ3n) is 5.26. The van der Waals surface area contributed by atoms with Crippen molar-refractivity contribution in [2.45, 2.75) is 86.5 Å². The number of rotatable bonds is 13. The summed E-state index contributed by atoms with van der Waals surface area (Å²) in [6.07, 6.45) is 4.94. The number of aliphatic hydroxyl groups excluding tert-OH is 2. The van der Waals surface area contributed by atoms with E-state index in [1.807, 2.05) is 20.8 Å². The Hall–Kier alpha value is -0.471. The van der Waals surface area contributed by atoms with Gasteiger partial charge in [0.1, 0.15) is 0 Å². The van der Waals surface area contributed by atoms with Crippen LogP contribution < -0.4 is 4.90 Å². The van der Waals surface area contributed by atoms with Crippen molar-refractivity contribution in [1.29, 1.82) is 0 Å². The predicted molar refractivity (Wildman–Crippen MR) is 147 cm³/mol. The zero-order valence-corrected chi connectivity index (χ0v) is 26.5. The van der Waals surface area contributed by atoms with Gasteiger partial charge in [0, 0.05) is 31.6 Å². The van der Waals surface area contributed by atoms with E-state index in [0.717, 1.165) is 19.0 Å². The molecule has 0 aliphatic carbocycles. The molecule has 2 unspecified atom stereocenters. The molecule has 2 N–H and O–H groups in total. The van der Waals surface area contributed by atoms with E-state index in [4.69, 9.17) is 23.5 Å². The van der Waals surface area contributed by atoms with Crippen LogP contribution in [-0.2, 0) is 31.5 Å². The number of hydrogen-bond acceptors (Lipinski definition) is 7. The predicted octanol–water partition coefficient (Wildman–Crippen LogP) is 5.59. The Bertz CT molecular complexity index is 709. The quantitative estimate of drug-likeness (QED) is 0.216. The molecule has 2 rings (SSSR count). The molecule has 0 amide bonds. The number of halogens is 1. The van der Waals surface area contributed by atoms with E-state index < -0.39 is 8.80 Å². The summed E-state index contributed by atoms with van der Waals surface area (Å²) in [5.74, 6) is 0. The van der Waals surface area contributed by atoms with E-state index in [1.54, 1.807) is 13.8 Å². The monoisotopic (exact) mass is 636 g/mol. The summed E-state index contributed by atoms with van der Waals surface area (Å²) in [4.78, 5) is 4.43. The molecule has 0 spiro atoms. The van der Waals surface area contributed by atoms with E-state index in [2.05, 4.69) is 89.5 Å². The Morgan fingerprint density at radius 2 is 1.39 bits per heavy atom. The molecule has 7 nitrogen and oxygen atoms in total. The summed E-state index contributed by atoms with van der Waals surface area (Å²) < 4.78 is 17.8. The van der Waals surface area contributed by atoms with E-state index in [1.165, 1.54) is 22.4 Å². The fourth-order valence-electron chi connectivity index (χ4n) is 4.21. The molecule has 0 saturated carbocycles. The first-order chi connectivity index (χ1) is 17.1. The molecule has 1 heterocycles. The zero-order chi connectivity index (χ0) is 27.7. The molecule has 0 fully saturated rings. The van der Waals surface area contributed by atoms with Crippen LogP contribution in [-0.4, -0.2) is 62.5 Å². The van der Waals surface area contributed by atoms with Gasteiger partial charge in [-0.05, 0) is 98.3 Å². The van der Waals surface area contributed by atoms with Crippen LogP contribution in [0, 0.1) is 27.4 Å². The van der Waals surface area contributed by atoms with Crippen LogP contribution in [0.4, 0.5) is 5.69 Å². The molecule has 0 saturated heterocycles. The number of aliphatic hydroxyl groups is 2. The summed E-state index contributed by atoms with van der Waals surface area (Å²) >= 11 is 2.22. The molecular weight excluding hydrogens is 590 g/mol. The summed E-state index contributed by atoms with van der Waals surface area (Å²) in [5.41, 5.74) is 5.16. The molecular formula is C26H47ClN2O5PdSi. The van der Waals surface area contributed by atoms with Crippen LogP contribution in [0.1, 0.15) is 64.2 Å². The van der Waals surface area contributed by atoms with Crippen LogP contribution in [0.15, 0.2) is 24.5 Å². The maximum atomic E-state index is 8.56. The molecule has 1 aliphatic rings.